The molecule has 0 fully saturated rings. The number of amides is 2. The van der Waals surface area contributed by atoms with E-state index in [0.717, 1.165) is 0 Å². The van der Waals surface area contributed by atoms with Gasteiger partial charge in [0, 0.05) is 12.2 Å². The molecule has 0 spiro atoms. The molecule has 131 valence electrons. The Labute approximate surface area is 141 Å². The summed E-state index contributed by atoms with van der Waals surface area (Å²) in [4.78, 5) is 45.3. The van der Waals surface area contributed by atoms with Gasteiger partial charge in [-0.15, -0.1) is 0 Å². The van der Waals surface area contributed by atoms with Gasteiger partial charge in [-0.3, -0.25) is 19.2 Å². The predicted octanol–water partition coefficient (Wildman–Crippen LogP) is -0.766. The summed E-state index contributed by atoms with van der Waals surface area (Å²) < 4.78 is 0. The average Bonchev–Trinajstić information content (AvgIpc) is 2.48. The second-order valence-corrected chi connectivity index (χ2v) is 5.96. The quantitative estimate of drug-likeness (QED) is 0.312. The van der Waals surface area contributed by atoms with E-state index in [1.165, 1.54) is 0 Å². The number of rotatable bonds is 11. The van der Waals surface area contributed by atoms with Gasteiger partial charge in [-0.05, 0) is 18.8 Å². The molecule has 0 saturated heterocycles. The summed E-state index contributed by atoms with van der Waals surface area (Å²) in [7, 11) is 0. The number of hydrogen-bond acceptors (Lipinski definition) is 6. The van der Waals surface area contributed by atoms with Gasteiger partial charge in [-0.25, -0.2) is 0 Å². The lowest BCUT2D eigenvalue weighted by Crippen LogP contribution is -2.54. The number of nitrogens with one attached hydrogen (secondary N) is 2. The molecule has 2 amide bonds. The van der Waals surface area contributed by atoms with Crippen LogP contribution in [0.3, 0.4) is 0 Å². The second kappa shape index (κ2) is 11.0. The molecule has 0 saturated carbocycles. The highest BCUT2D eigenvalue weighted by Crippen LogP contribution is 2.06. The predicted molar refractivity (Wildman–Crippen MR) is 87.7 cm³/mol. The summed E-state index contributed by atoms with van der Waals surface area (Å²) in [5, 5.41) is 13.5. The summed E-state index contributed by atoms with van der Waals surface area (Å²) in [6, 6.07) is -2.75. The van der Waals surface area contributed by atoms with Crippen molar-refractivity contribution in [3.63, 3.8) is 0 Å². The van der Waals surface area contributed by atoms with Crippen LogP contribution in [0, 0.1) is 5.92 Å². The minimum Gasteiger partial charge on any atom is -0.481 e. The van der Waals surface area contributed by atoms with Crippen LogP contribution < -0.4 is 16.4 Å². The van der Waals surface area contributed by atoms with Crippen LogP contribution in [0.5, 0.6) is 0 Å². The molecule has 0 aromatic rings. The van der Waals surface area contributed by atoms with E-state index in [9.17, 15) is 19.2 Å². The zero-order valence-corrected chi connectivity index (χ0v) is 14.1. The summed E-state index contributed by atoms with van der Waals surface area (Å²) in [5.41, 5.74) is 5.62. The van der Waals surface area contributed by atoms with Gasteiger partial charge in [0.05, 0.1) is 6.04 Å². The average molecular weight is 346 g/mol. The Morgan fingerprint density at radius 2 is 1.83 bits per heavy atom. The molecule has 0 aliphatic heterocycles. The van der Waals surface area contributed by atoms with E-state index in [4.69, 9.17) is 10.8 Å². The highest BCUT2D eigenvalue weighted by molar-refractivity contribution is 7.80. The molecule has 9 heteroatoms. The van der Waals surface area contributed by atoms with Crippen LogP contribution in [0.2, 0.25) is 0 Å². The molecule has 23 heavy (non-hydrogen) atoms. The smallest absolute Gasteiger partial charge is 0.303 e. The van der Waals surface area contributed by atoms with E-state index < -0.39 is 35.9 Å². The third-order valence-corrected chi connectivity index (χ3v) is 3.35. The van der Waals surface area contributed by atoms with Crippen molar-refractivity contribution in [3.05, 3.63) is 0 Å². The molecule has 1 radical (unpaired) electrons. The van der Waals surface area contributed by atoms with E-state index in [2.05, 4.69) is 23.3 Å². The largest absolute Gasteiger partial charge is 0.481 e. The van der Waals surface area contributed by atoms with Crippen molar-refractivity contribution in [2.75, 3.05) is 5.75 Å². The maximum atomic E-state index is 12.2. The van der Waals surface area contributed by atoms with E-state index in [1.807, 2.05) is 13.8 Å². The van der Waals surface area contributed by atoms with E-state index in [-0.39, 0.29) is 24.5 Å². The Morgan fingerprint density at radius 1 is 1.22 bits per heavy atom. The first-order valence-corrected chi connectivity index (χ1v) is 7.91. The molecule has 0 aliphatic carbocycles. The lowest BCUT2D eigenvalue weighted by atomic mass is 10.0. The molecule has 0 bridgehead atoms. The number of carboxylic acids is 1. The molecular weight excluding hydrogens is 322 g/mol. The zero-order chi connectivity index (χ0) is 18.0. The first kappa shape index (κ1) is 21.4. The van der Waals surface area contributed by atoms with E-state index in [0.29, 0.717) is 6.42 Å². The van der Waals surface area contributed by atoms with Crippen LogP contribution in [-0.4, -0.2) is 53.1 Å². The lowest BCUT2D eigenvalue weighted by molar-refractivity contribution is -0.137. The number of nitrogens with two attached hydrogens (primary N) is 1. The van der Waals surface area contributed by atoms with Crippen LogP contribution in [0.15, 0.2) is 0 Å². The van der Waals surface area contributed by atoms with Gasteiger partial charge >= 0.3 is 5.97 Å². The SMILES string of the molecule is CC(C)C[C@H](NC(=O)[C@@H](N)CCC(=O)O)C(=O)N[C@H]([C]=O)CS. The first-order valence-electron chi connectivity index (χ1n) is 7.27. The maximum absolute atomic E-state index is 12.2. The monoisotopic (exact) mass is 346 g/mol. The number of carbonyl (C=O) groups excluding carboxylic acids is 3. The van der Waals surface area contributed by atoms with Crippen molar-refractivity contribution in [2.45, 2.75) is 51.2 Å². The Hall–Kier alpha value is -1.61. The van der Waals surface area contributed by atoms with Gasteiger partial charge in [-0.1, -0.05) is 13.8 Å². The van der Waals surface area contributed by atoms with Crippen molar-refractivity contribution >= 4 is 36.7 Å². The topological polar surface area (TPSA) is 139 Å². The summed E-state index contributed by atoms with van der Waals surface area (Å²) in [6.07, 6.45) is 1.72. The highest BCUT2D eigenvalue weighted by Gasteiger charge is 2.26. The van der Waals surface area contributed by atoms with Crippen LogP contribution in [0.25, 0.3) is 0 Å². The summed E-state index contributed by atoms with van der Waals surface area (Å²) in [6.45, 7) is 3.75. The fourth-order valence-corrected chi connectivity index (χ4v) is 1.94. The molecule has 5 N–H and O–H groups in total. The third kappa shape index (κ3) is 9.19. The first-order chi connectivity index (χ1) is 10.7. The number of aliphatic carboxylic acids is 1. The molecule has 8 nitrogen and oxygen atoms in total. The molecule has 0 heterocycles. The Balaban J connectivity index is 4.76. The second-order valence-electron chi connectivity index (χ2n) is 5.59. The molecule has 0 aromatic carbocycles. The van der Waals surface area contributed by atoms with Crippen LogP contribution in [0.4, 0.5) is 0 Å². The van der Waals surface area contributed by atoms with E-state index in [1.54, 1.807) is 6.29 Å². The maximum Gasteiger partial charge on any atom is 0.303 e. The molecule has 0 rings (SSSR count). The fourth-order valence-electron chi connectivity index (χ4n) is 1.78. The number of carbonyl (C=O) groups is 3. The Bertz CT molecular complexity index is 431. The standard InChI is InChI=1S/C14H24N3O5S/c1-8(2)5-11(14(22)16-9(6-18)7-23)17-13(21)10(15)3-4-12(19)20/h8-11,23H,3-5,7,15H2,1-2H3,(H,16,22)(H,17,21)(H,19,20)/t9-,10+,11+/m1/s1. The fraction of sp³-hybridized carbons (Fsp3) is 0.714. The third-order valence-electron chi connectivity index (χ3n) is 2.99. The van der Waals surface area contributed by atoms with Gasteiger partial charge in [0.1, 0.15) is 12.1 Å². The normalized spacial score (nSPS) is 14.7. The van der Waals surface area contributed by atoms with Crippen LogP contribution in [-0.2, 0) is 19.2 Å². The highest BCUT2D eigenvalue weighted by atomic mass is 32.1. The lowest BCUT2D eigenvalue weighted by Gasteiger charge is -2.23. The van der Waals surface area contributed by atoms with Crippen LogP contribution in [0.1, 0.15) is 33.1 Å². The van der Waals surface area contributed by atoms with Gasteiger partial charge in [-0.2, -0.15) is 12.6 Å². The molecular formula is C14H24N3O5S. The Morgan fingerprint density at radius 3 is 2.26 bits per heavy atom. The van der Waals surface area contributed by atoms with Crippen molar-refractivity contribution in [1.82, 2.24) is 10.6 Å². The summed E-state index contributed by atoms with van der Waals surface area (Å²) >= 11 is 3.92. The van der Waals surface area contributed by atoms with Gasteiger partial charge in [0.2, 0.25) is 18.1 Å². The zero-order valence-electron chi connectivity index (χ0n) is 13.2. The number of hydrogen-bond donors (Lipinski definition) is 5. The van der Waals surface area contributed by atoms with Gasteiger partial charge in [0.15, 0.2) is 0 Å². The summed E-state index contributed by atoms with van der Waals surface area (Å²) in [5.74, 6) is -1.99. The van der Waals surface area contributed by atoms with E-state index >= 15 is 0 Å². The molecule has 3 atom stereocenters. The van der Waals surface area contributed by atoms with Gasteiger partial charge in [0.25, 0.3) is 0 Å². The Kier molecular flexibility index (Phi) is 10.2. The minimum atomic E-state index is -1.05. The van der Waals surface area contributed by atoms with Gasteiger partial charge < -0.3 is 21.5 Å². The molecule has 0 aromatic heterocycles. The number of thiol groups is 1. The molecule has 0 aliphatic rings. The van der Waals surface area contributed by atoms with Crippen molar-refractivity contribution in [3.8, 4) is 0 Å². The van der Waals surface area contributed by atoms with Crippen molar-refractivity contribution < 1.29 is 24.3 Å². The van der Waals surface area contributed by atoms with Crippen LogP contribution >= 0.6 is 12.6 Å². The van der Waals surface area contributed by atoms with Crippen molar-refractivity contribution in [2.24, 2.45) is 11.7 Å². The van der Waals surface area contributed by atoms with Crippen molar-refractivity contribution in [1.29, 1.82) is 0 Å². The minimum absolute atomic E-state index is 0.0292. The molecule has 0 unspecified atom stereocenters. The number of carboxylic acid groups (broad SMARTS) is 1.